The lowest BCUT2D eigenvalue weighted by atomic mass is 10.0. The van der Waals surface area contributed by atoms with Gasteiger partial charge in [0.15, 0.2) is 0 Å². The highest BCUT2D eigenvalue weighted by Gasteiger charge is 2.21. The number of hydrogen-bond acceptors (Lipinski definition) is 7. The summed E-state index contributed by atoms with van der Waals surface area (Å²) < 4.78 is 76.2. The lowest BCUT2D eigenvalue weighted by molar-refractivity contribution is 0.0496. The molecule has 1 heterocycles. The number of ether oxygens (including phenoxy) is 2. The molecule has 0 radical (unpaired) electrons. The van der Waals surface area contributed by atoms with Gasteiger partial charge in [0.2, 0.25) is 20.0 Å². The highest BCUT2D eigenvalue weighted by atomic mass is 32.2. The Bertz CT molecular complexity index is 1180. The third-order valence-corrected chi connectivity index (χ3v) is 7.51. The van der Waals surface area contributed by atoms with Crippen LogP contribution in [-0.4, -0.2) is 47.5 Å². The molecule has 0 saturated carbocycles. The molecule has 1 fully saturated rings. The molecule has 2 aromatic rings. The summed E-state index contributed by atoms with van der Waals surface area (Å²) in [6.45, 7) is 1.23. The standard InChI is InChI=1S/C21H27FN2O7S2/c22-18-3-2-17(20(12-18)31-14-15-5-8-30-9-6-15)7-10-32(26,27)24-19-4-1-16(13-25)11-21(19)33(23,28)29/h1-4,11-12,15,24-25H,5-10,13-14H2,(H2,23,28,29). The molecule has 0 bridgehead atoms. The van der Waals surface area contributed by atoms with Gasteiger partial charge in [-0.15, -0.1) is 0 Å². The maximum Gasteiger partial charge on any atom is 0.240 e. The number of rotatable bonds is 10. The molecular formula is C21H27FN2O7S2. The van der Waals surface area contributed by atoms with E-state index in [4.69, 9.17) is 14.6 Å². The number of aliphatic hydroxyl groups excluding tert-OH is 1. The average molecular weight is 503 g/mol. The zero-order valence-electron chi connectivity index (χ0n) is 17.9. The first-order valence-electron chi connectivity index (χ1n) is 10.3. The molecular weight excluding hydrogens is 475 g/mol. The molecule has 3 rings (SSSR count). The molecule has 12 heteroatoms. The smallest absolute Gasteiger partial charge is 0.240 e. The fraction of sp³-hybridized carbons (Fsp3) is 0.429. The van der Waals surface area contributed by atoms with Crippen LogP contribution in [0.2, 0.25) is 0 Å². The van der Waals surface area contributed by atoms with Gasteiger partial charge >= 0.3 is 0 Å². The first kappa shape index (κ1) is 25.4. The van der Waals surface area contributed by atoms with Crippen molar-refractivity contribution in [1.29, 1.82) is 0 Å². The van der Waals surface area contributed by atoms with Crippen molar-refractivity contribution in [3.8, 4) is 5.75 Å². The Morgan fingerprint density at radius 2 is 1.85 bits per heavy atom. The molecule has 0 spiro atoms. The Morgan fingerprint density at radius 1 is 1.12 bits per heavy atom. The van der Waals surface area contributed by atoms with Crippen LogP contribution in [0.3, 0.4) is 0 Å². The quantitative estimate of drug-likeness (QED) is 0.449. The van der Waals surface area contributed by atoms with E-state index in [2.05, 4.69) is 4.72 Å². The molecule has 9 nitrogen and oxygen atoms in total. The molecule has 2 aromatic carbocycles. The third kappa shape index (κ3) is 7.37. The number of benzene rings is 2. The van der Waals surface area contributed by atoms with Gasteiger partial charge in [0.05, 0.1) is 24.7 Å². The van der Waals surface area contributed by atoms with Crippen LogP contribution in [0.5, 0.6) is 5.75 Å². The van der Waals surface area contributed by atoms with Gasteiger partial charge in [-0.1, -0.05) is 12.1 Å². The van der Waals surface area contributed by atoms with Gasteiger partial charge in [-0.2, -0.15) is 0 Å². The van der Waals surface area contributed by atoms with Crippen LogP contribution in [0.4, 0.5) is 10.1 Å². The second kappa shape index (κ2) is 10.8. The lowest BCUT2D eigenvalue weighted by Gasteiger charge is -2.23. The molecule has 1 aliphatic heterocycles. The molecule has 0 amide bonds. The normalized spacial score (nSPS) is 15.4. The van der Waals surface area contributed by atoms with Crippen molar-refractivity contribution in [2.24, 2.45) is 11.1 Å². The number of hydrogen-bond donors (Lipinski definition) is 3. The summed E-state index contributed by atoms with van der Waals surface area (Å²) >= 11 is 0. The van der Waals surface area contributed by atoms with E-state index in [0.717, 1.165) is 18.9 Å². The van der Waals surface area contributed by atoms with Crippen LogP contribution in [0.25, 0.3) is 0 Å². The zero-order valence-corrected chi connectivity index (χ0v) is 19.5. The molecule has 0 aliphatic carbocycles. The SMILES string of the molecule is NS(=O)(=O)c1cc(CO)ccc1NS(=O)(=O)CCc1ccc(F)cc1OCC1CCOCC1. The van der Waals surface area contributed by atoms with Crippen molar-refractivity contribution in [3.05, 3.63) is 53.3 Å². The van der Waals surface area contributed by atoms with Gasteiger partial charge in [0.25, 0.3) is 0 Å². The van der Waals surface area contributed by atoms with Gasteiger partial charge in [-0.05, 0) is 54.5 Å². The summed E-state index contributed by atoms with van der Waals surface area (Å²) in [5.74, 6) is -0.352. The molecule has 0 atom stereocenters. The van der Waals surface area contributed by atoms with Crippen LogP contribution in [-0.2, 0) is 37.8 Å². The molecule has 1 aliphatic rings. The van der Waals surface area contributed by atoms with Crippen molar-refractivity contribution >= 4 is 25.7 Å². The zero-order chi connectivity index (χ0) is 24.1. The van der Waals surface area contributed by atoms with E-state index in [1.807, 2.05) is 0 Å². The summed E-state index contributed by atoms with van der Waals surface area (Å²) in [5.41, 5.74) is 0.556. The Kier molecular flexibility index (Phi) is 8.29. The molecule has 0 unspecified atom stereocenters. The van der Waals surface area contributed by atoms with E-state index in [1.165, 1.54) is 30.3 Å². The molecule has 182 valence electrons. The Labute approximate surface area is 192 Å². The van der Waals surface area contributed by atoms with E-state index < -0.39 is 43.1 Å². The predicted octanol–water partition coefficient (Wildman–Crippen LogP) is 1.76. The average Bonchev–Trinajstić information content (AvgIpc) is 2.77. The van der Waals surface area contributed by atoms with Crippen molar-refractivity contribution in [1.82, 2.24) is 0 Å². The van der Waals surface area contributed by atoms with E-state index >= 15 is 0 Å². The number of nitrogens with two attached hydrogens (primary N) is 1. The maximum atomic E-state index is 13.8. The monoisotopic (exact) mass is 502 g/mol. The van der Waals surface area contributed by atoms with Gasteiger partial charge in [0, 0.05) is 19.3 Å². The summed E-state index contributed by atoms with van der Waals surface area (Å²) in [4.78, 5) is -0.445. The first-order chi connectivity index (χ1) is 15.6. The second-order valence-corrected chi connectivity index (χ2v) is 11.2. The number of aliphatic hydroxyl groups is 1. The largest absolute Gasteiger partial charge is 0.493 e. The summed E-state index contributed by atoms with van der Waals surface area (Å²) in [5, 5.41) is 14.4. The summed E-state index contributed by atoms with van der Waals surface area (Å²) in [6, 6.07) is 7.63. The van der Waals surface area contributed by atoms with E-state index in [0.29, 0.717) is 25.4 Å². The lowest BCUT2D eigenvalue weighted by Crippen LogP contribution is -2.23. The number of nitrogens with one attached hydrogen (secondary N) is 1. The highest BCUT2D eigenvalue weighted by molar-refractivity contribution is 7.93. The summed E-state index contributed by atoms with van der Waals surface area (Å²) in [7, 11) is -8.24. The second-order valence-electron chi connectivity index (χ2n) is 7.82. The minimum atomic E-state index is -4.24. The van der Waals surface area contributed by atoms with Crippen molar-refractivity contribution in [3.63, 3.8) is 0 Å². The Hall–Kier alpha value is -2.25. The van der Waals surface area contributed by atoms with Crippen molar-refractivity contribution in [2.45, 2.75) is 30.8 Å². The fourth-order valence-electron chi connectivity index (χ4n) is 3.44. The van der Waals surface area contributed by atoms with Gasteiger partial charge in [0.1, 0.15) is 16.5 Å². The number of primary sulfonamides is 1. The number of halogens is 1. The van der Waals surface area contributed by atoms with Crippen LogP contribution in [0.1, 0.15) is 24.0 Å². The molecule has 33 heavy (non-hydrogen) atoms. The molecule has 0 aromatic heterocycles. The fourth-order valence-corrected chi connectivity index (χ4v) is 5.35. The maximum absolute atomic E-state index is 13.8. The molecule has 4 N–H and O–H groups in total. The highest BCUT2D eigenvalue weighted by Crippen LogP contribution is 2.26. The first-order valence-corrected chi connectivity index (χ1v) is 13.5. The Morgan fingerprint density at radius 3 is 2.52 bits per heavy atom. The Balaban J connectivity index is 1.72. The van der Waals surface area contributed by atoms with Crippen LogP contribution < -0.4 is 14.6 Å². The van der Waals surface area contributed by atoms with Crippen molar-refractivity contribution < 1.29 is 35.8 Å². The van der Waals surface area contributed by atoms with E-state index in [9.17, 15) is 26.3 Å². The topological polar surface area (TPSA) is 145 Å². The summed E-state index contributed by atoms with van der Waals surface area (Å²) in [6.07, 6.45) is 1.69. The number of aryl methyl sites for hydroxylation is 1. The number of sulfonamides is 2. The van der Waals surface area contributed by atoms with Crippen LogP contribution in [0, 0.1) is 11.7 Å². The predicted molar refractivity (Wildman–Crippen MR) is 120 cm³/mol. The van der Waals surface area contributed by atoms with Crippen LogP contribution >= 0.6 is 0 Å². The minimum absolute atomic E-state index is 0.0121. The third-order valence-electron chi connectivity index (χ3n) is 5.29. The van der Waals surface area contributed by atoms with Crippen molar-refractivity contribution in [2.75, 3.05) is 30.3 Å². The van der Waals surface area contributed by atoms with E-state index in [-0.39, 0.29) is 29.3 Å². The molecule has 1 saturated heterocycles. The van der Waals surface area contributed by atoms with Gasteiger partial charge in [-0.3, -0.25) is 4.72 Å². The van der Waals surface area contributed by atoms with E-state index in [1.54, 1.807) is 0 Å². The van der Waals surface area contributed by atoms with Gasteiger partial charge < -0.3 is 14.6 Å². The van der Waals surface area contributed by atoms with Gasteiger partial charge in [-0.25, -0.2) is 26.4 Å². The van der Waals surface area contributed by atoms with Crippen LogP contribution in [0.15, 0.2) is 41.3 Å². The number of anilines is 1. The minimum Gasteiger partial charge on any atom is -0.493 e.